The van der Waals surface area contributed by atoms with Crippen LogP contribution in [0, 0.1) is 13.8 Å². The first-order valence-electron chi connectivity index (χ1n) is 9.72. The van der Waals surface area contributed by atoms with Crippen molar-refractivity contribution in [2.45, 2.75) is 20.3 Å². The van der Waals surface area contributed by atoms with E-state index in [2.05, 4.69) is 13.0 Å². The fourth-order valence-corrected chi connectivity index (χ4v) is 3.81. The lowest BCUT2D eigenvalue weighted by atomic mass is 10.0. The second-order valence-electron chi connectivity index (χ2n) is 7.55. The molecule has 4 rings (SSSR count). The Labute approximate surface area is 174 Å². The minimum atomic E-state index is -0.0274. The molecule has 0 radical (unpaired) electrons. The van der Waals surface area contributed by atoms with E-state index in [9.17, 15) is 9.59 Å². The van der Waals surface area contributed by atoms with Gasteiger partial charge in [-0.1, -0.05) is 11.6 Å². The molecule has 0 spiro atoms. The molecule has 2 amide bonds. The van der Waals surface area contributed by atoms with Gasteiger partial charge in [0, 0.05) is 47.7 Å². The summed E-state index contributed by atoms with van der Waals surface area (Å²) in [7, 11) is 0. The third-order valence-electron chi connectivity index (χ3n) is 5.62. The average Bonchev–Trinajstić information content (AvgIpc) is 3.10. The van der Waals surface area contributed by atoms with Gasteiger partial charge in [0.15, 0.2) is 0 Å². The Kier molecular flexibility index (Phi) is 5.33. The maximum Gasteiger partial charge on any atom is 0.253 e. The van der Waals surface area contributed by atoms with Gasteiger partial charge in [0.25, 0.3) is 5.91 Å². The zero-order valence-electron chi connectivity index (χ0n) is 16.6. The molecule has 1 aromatic heterocycles. The number of benzene rings is 2. The number of carbonyl (C=O) groups excluding carboxylic acids is 2. The molecule has 0 unspecified atom stereocenters. The van der Waals surface area contributed by atoms with Crippen molar-refractivity contribution in [1.82, 2.24) is 9.80 Å². The summed E-state index contributed by atoms with van der Waals surface area (Å²) in [6.07, 6.45) is 1.99. The third kappa shape index (κ3) is 4.01. The zero-order valence-corrected chi connectivity index (χ0v) is 17.3. The van der Waals surface area contributed by atoms with E-state index in [4.69, 9.17) is 16.0 Å². The molecule has 0 bridgehead atoms. The number of piperazine rings is 1. The minimum absolute atomic E-state index is 0.0274. The second kappa shape index (κ2) is 7.91. The van der Waals surface area contributed by atoms with Crippen molar-refractivity contribution >= 4 is 34.4 Å². The first-order chi connectivity index (χ1) is 13.9. The summed E-state index contributed by atoms with van der Waals surface area (Å²) in [6, 6.07) is 11.0. The van der Waals surface area contributed by atoms with Gasteiger partial charge in [-0.25, -0.2) is 0 Å². The highest BCUT2D eigenvalue weighted by Crippen LogP contribution is 2.25. The van der Waals surface area contributed by atoms with Crippen LogP contribution < -0.4 is 0 Å². The number of carbonyl (C=O) groups is 2. The molecular formula is C23H23ClN2O3. The number of hydrogen-bond acceptors (Lipinski definition) is 3. The summed E-state index contributed by atoms with van der Waals surface area (Å²) in [5, 5.41) is 1.60. The Morgan fingerprint density at radius 3 is 2.28 bits per heavy atom. The first kappa shape index (κ1) is 19.5. The number of hydrogen-bond donors (Lipinski definition) is 0. The summed E-state index contributed by atoms with van der Waals surface area (Å²) < 4.78 is 5.65. The summed E-state index contributed by atoms with van der Waals surface area (Å²) in [6.45, 7) is 6.23. The molecule has 0 saturated carbocycles. The Balaban J connectivity index is 1.39. The van der Waals surface area contributed by atoms with Crippen LogP contribution in [-0.2, 0) is 11.2 Å². The van der Waals surface area contributed by atoms with E-state index in [-0.39, 0.29) is 11.8 Å². The molecule has 6 heteroatoms. The van der Waals surface area contributed by atoms with Crippen LogP contribution in [-0.4, -0.2) is 47.8 Å². The van der Waals surface area contributed by atoms with Crippen LogP contribution in [0.15, 0.2) is 47.1 Å². The summed E-state index contributed by atoms with van der Waals surface area (Å²) in [5.41, 5.74) is 4.69. The molecule has 1 fully saturated rings. The van der Waals surface area contributed by atoms with Crippen molar-refractivity contribution in [3.8, 4) is 0 Å². The largest absolute Gasteiger partial charge is 0.464 e. The molecule has 2 heterocycles. The van der Waals surface area contributed by atoms with E-state index in [1.165, 1.54) is 11.1 Å². The highest BCUT2D eigenvalue weighted by Gasteiger charge is 2.25. The molecule has 0 aliphatic carbocycles. The predicted octanol–water partition coefficient (Wildman–Crippen LogP) is 4.23. The molecule has 1 aliphatic heterocycles. The normalized spacial score (nSPS) is 14.4. The Morgan fingerprint density at radius 1 is 0.966 bits per heavy atom. The molecule has 0 N–H and O–H groups in total. The number of nitrogens with zero attached hydrogens (tertiary/aromatic N) is 2. The van der Waals surface area contributed by atoms with Crippen molar-refractivity contribution in [2.75, 3.05) is 26.2 Å². The minimum Gasteiger partial charge on any atom is -0.464 e. The van der Waals surface area contributed by atoms with E-state index >= 15 is 0 Å². The maximum atomic E-state index is 12.8. The lowest BCUT2D eigenvalue weighted by Gasteiger charge is -2.34. The number of aryl methyl sites for hydroxylation is 2. The molecular weight excluding hydrogens is 388 g/mol. The van der Waals surface area contributed by atoms with E-state index in [0.29, 0.717) is 43.2 Å². The number of rotatable bonds is 3. The lowest BCUT2D eigenvalue weighted by molar-refractivity contribution is -0.131. The number of fused-ring (bicyclic) bond motifs is 1. The SMILES string of the molecule is Cc1cc2occ(CC(=O)N3CCN(C(=O)c4ccc(Cl)cc4)CC3)c2cc1C. The average molecular weight is 411 g/mol. The molecule has 1 aliphatic rings. The fourth-order valence-electron chi connectivity index (χ4n) is 3.68. The molecule has 5 nitrogen and oxygen atoms in total. The quantitative estimate of drug-likeness (QED) is 0.649. The van der Waals surface area contributed by atoms with Crippen LogP contribution in [0.2, 0.25) is 5.02 Å². The zero-order chi connectivity index (χ0) is 20.5. The van der Waals surface area contributed by atoms with Crippen molar-refractivity contribution in [3.63, 3.8) is 0 Å². The lowest BCUT2D eigenvalue weighted by Crippen LogP contribution is -2.51. The third-order valence-corrected chi connectivity index (χ3v) is 5.87. The highest BCUT2D eigenvalue weighted by atomic mass is 35.5. The maximum absolute atomic E-state index is 12.8. The van der Waals surface area contributed by atoms with E-state index in [1.807, 2.05) is 17.9 Å². The van der Waals surface area contributed by atoms with Crippen LogP contribution in [0.3, 0.4) is 0 Å². The predicted molar refractivity (Wildman–Crippen MR) is 113 cm³/mol. The smallest absolute Gasteiger partial charge is 0.253 e. The van der Waals surface area contributed by atoms with Gasteiger partial charge in [0.1, 0.15) is 5.58 Å². The standard InChI is InChI=1S/C23H23ClN2O3/c1-15-11-20-18(14-29-21(20)12-16(15)2)13-22(27)25-7-9-26(10-8-25)23(28)17-3-5-19(24)6-4-17/h3-6,11-12,14H,7-10,13H2,1-2H3. The summed E-state index contributed by atoms with van der Waals surface area (Å²) in [4.78, 5) is 29.0. The summed E-state index contributed by atoms with van der Waals surface area (Å²) in [5.74, 6) is 0.0324. The number of furan rings is 1. The number of halogens is 1. The van der Waals surface area contributed by atoms with Gasteiger partial charge in [-0.2, -0.15) is 0 Å². The fraction of sp³-hybridized carbons (Fsp3) is 0.304. The van der Waals surface area contributed by atoms with E-state index in [0.717, 1.165) is 16.5 Å². The summed E-state index contributed by atoms with van der Waals surface area (Å²) >= 11 is 5.89. The monoisotopic (exact) mass is 410 g/mol. The van der Waals surface area contributed by atoms with Crippen molar-refractivity contribution in [3.05, 3.63) is 69.9 Å². The highest BCUT2D eigenvalue weighted by molar-refractivity contribution is 6.30. The Morgan fingerprint density at radius 2 is 1.59 bits per heavy atom. The van der Waals surface area contributed by atoms with Crippen molar-refractivity contribution in [1.29, 1.82) is 0 Å². The number of amides is 2. The van der Waals surface area contributed by atoms with Gasteiger partial charge >= 0.3 is 0 Å². The van der Waals surface area contributed by atoms with Gasteiger partial charge in [-0.3, -0.25) is 9.59 Å². The molecule has 2 aromatic carbocycles. The molecule has 150 valence electrons. The van der Waals surface area contributed by atoms with Crippen molar-refractivity contribution < 1.29 is 14.0 Å². The van der Waals surface area contributed by atoms with Gasteiger partial charge in [0.2, 0.25) is 5.91 Å². The topological polar surface area (TPSA) is 53.8 Å². The molecule has 1 saturated heterocycles. The van der Waals surface area contributed by atoms with Gasteiger partial charge in [-0.15, -0.1) is 0 Å². The first-order valence-corrected chi connectivity index (χ1v) is 10.1. The van der Waals surface area contributed by atoms with Crippen LogP contribution in [0.1, 0.15) is 27.0 Å². The van der Waals surface area contributed by atoms with Crippen LogP contribution in [0.5, 0.6) is 0 Å². The molecule has 3 aromatic rings. The van der Waals surface area contributed by atoms with Gasteiger partial charge < -0.3 is 14.2 Å². The van der Waals surface area contributed by atoms with Crippen LogP contribution in [0.25, 0.3) is 11.0 Å². The second-order valence-corrected chi connectivity index (χ2v) is 7.99. The Hall–Kier alpha value is -2.79. The van der Waals surface area contributed by atoms with Crippen LogP contribution >= 0.6 is 11.6 Å². The van der Waals surface area contributed by atoms with Crippen LogP contribution in [0.4, 0.5) is 0 Å². The van der Waals surface area contributed by atoms with Gasteiger partial charge in [0.05, 0.1) is 12.7 Å². The van der Waals surface area contributed by atoms with Gasteiger partial charge in [-0.05, 0) is 61.4 Å². The van der Waals surface area contributed by atoms with E-state index < -0.39 is 0 Å². The molecule has 0 atom stereocenters. The van der Waals surface area contributed by atoms with E-state index in [1.54, 1.807) is 35.4 Å². The van der Waals surface area contributed by atoms with Crippen molar-refractivity contribution in [2.24, 2.45) is 0 Å². The Bertz CT molecular complexity index is 1060. The molecule has 29 heavy (non-hydrogen) atoms.